The number of hydrogen-bond acceptors (Lipinski definition) is 5. The highest BCUT2D eigenvalue weighted by Crippen LogP contribution is 2.37. The van der Waals surface area contributed by atoms with E-state index in [-0.39, 0.29) is 18.4 Å². The zero-order valence-electron chi connectivity index (χ0n) is 14.3. The SMILES string of the molecule is CCOC(=O)[C@@H]1[C@H](c2ccccc2)[C@@H](C(=O)c2ccccc2)ON1C. The van der Waals surface area contributed by atoms with Crippen LogP contribution in [0, 0.1) is 0 Å². The Hall–Kier alpha value is -2.50. The monoisotopic (exact) mass is 339 g/mol. The maximum absolute atomic E-state index is 13.0. The van der Waals surface area contributed by atoms with Crippen molar-refractivity contribution in [2.75, 3.05) is 13.7 Å². The summed E-state index contributed by atoms with van der Waals surface area (Å²) < 4.78 is 5.21. The number of hydroxylamine groups is 2. The lowest BCUT2D eigenvalue weighted by Crippen LogP contribution is -2.38. The number of likely N-dealkylation sites (N-methyl/N-ethyl adjacent to an activating group) is 1. The lowest BCUT2D eigenvalue weighted by atomic mass is 9.84. The Morgan fingerprint density at radius 2 is 1.64 bits per heavy atom. The maximum Gasteiger partial charge on any atom is 0.326 e. The first-order valence-corrected chi connectivity index (χ1v) is 8.34. The van der Waals surface area contributed by atoms with Gasteiger partial charge in [0.2, 0.25) is 0 Å². The van der Waals surface area contributed by atoms with Crippen molar-refractivity contribution in [2.45, 2.75) is 25.0 Å². The average molecular weight is 339 g/mol. The Bertz CT molecular complexity index is 732. The predicted molar refractivity (Wildman–Crippen MR) is 93.0 cm³/mol. The number of ether oxygens (including phenoxy) is 1. The number of benzene rings is 2. The second-order valence-electron chi connectivity index (χ2n) is 5.94. The first-order valence-electron chi connectivity index (χ1n) is 8.34. The number of carbonyl (C=O) groups excluding carboxylic acids is 2. The topological polar surface area (TPSA) is 55.8 Å². The van der Waals surface area contributed by atoms with Crippen molar-refractivity contribution in [3.05, 3.63) is 71.8 Å². The summed E-state index contributed by atoms with van der Waals surface area (Å²) in [5, 5.41) is 1.45. The third kappa shape index (κ3) is 3.48. The summed E-state index contributed by atoms with van der Waals surface area (Å²) in [5.74, 6) is -0.965. The van der Waals surface area contributed by atoms with E-state index in [9.17, 15) is 9.59 Å². The molecular weight excluding hydrogens is 318 g/mol. The molecule has 0 aromatic heterocycles. The van der Waals surface area contributed by atoms with Crippen LogP contribution in [0.2, 0.25) is 0 Å². The van der Waals surface area contributed by atoms with Gasteiger partial charge in [-0.3, -0.25) is 14.4 Å². The van der Waals surface area contributed by atoms with Crippen LogP contribution in [0.3, 0.4) is 0 Å². The van der Waals surface area contributed by atoms with Crippen molar-refractivity contribution in [3.8, 4) is 0 Å². The summed E-state index contributed by atoms with van der Waals surface area (Å²) in [4.78, 5) is 31.3. The van der Waals surface area contributed by atoms with Crippen molar-refractivity contribution in [2.24, 2.45) is 0 Å². The van der Waals surface area contributed by atoms with Gasteiger partial charge in [0.1, 0.15) is 6.04 Å². The number of rotatable bonds is 5. The van der Waals surface area contributed by atoms with Gasteiger partial charge in [0.25, 0.3) is 0 Å². The predicted octanol–water partition coefficient (Wildman–Crippen LogP) is 2.83. The average Bonchev–Trinajstić information content (AvgIpc) is 3.00. The van der Waals surface area contributed by atoms with Gasteiger partial charge < -0.3 is 4.74 Å². The third-order valence-electron chi connectivity index (χ3n) is 4.37. The van der Waals surface area contributed by atoms with Gasteiger partial charge in [0.15, 0.2) is 11.9 Å². The molecule has 0 spiro atoms. The fourth-order valence-electron chi connectivity index (χ4n) is 3.23. The molecule has 5 nitrogen and oxygen atoms in total. The van der Waals surface area contributed by atoms with Crippen LogP contribution in [0.5, 0.6) is 0 Å². The molecule has 5 heteroatoms. The van der Waals surface area contributed by atoms with E-state index in [4.69, 9.17) is 9.57 Å². The molecular formula is C20H21NO4. The molecule has 1 aliphatic heterocycles. The Morgan fingerprint density at radius 3 is 2.24 bits per heavy atom. The minimum atomic E-state index is -0.774. The van der Waals surface area contributed by atoms with E-state index in [1.807, 2.05) is 48.5 Å². The van der Waals surface area contributed by atoms with Crippen LogP contribution in [0.25, 0.3) is 0 Å². The Balaban J connectivity index is 1.99. The van der Waals surface area contributed by atoms with Gasteiger partial charge in [-0.15, -0.1) is 0 Å². The van der Waals surface area contributed by atoms with Crippen LogP contribution in [0.4, 0.5) is 0 Å². The van der Waals surface area contributed by atoms with E-state index >= 15 is 0 Å². The van der Waals surface area contributed by atoms with Gasteiger partial charge in [-0.1, -0.05) is 60.7 Å². The van der Waals surface area contributed by atoms with Gasteiger partial charge in [0.05, 0.1) is 6.61 Å². The molecule has 1 fully saturated rings. The van der Waals surface area contributed by atoms with E-state index in [1.165, 1.54) is 5.06 Å². The molecule has 0 bridgehead atoms. The second-order valence-corrected chi connectivity index (χ2v) is 5.94. The number of esters is 1. The van der Waals surface area contributed by atoms with Gasteiger partial charge in [-0.05, 0) is 12.5 Å². The fourth-order valence-corrected chi connectivity index (χ4v) is 3.23. The molecule has 0 aliphatic carbocycles. The molecule has 0 radical (unpaired) electrons. The van der Waals surface area contributed by atoms with Gasteiger partial charge in [0, 0.05) is 18.5 Å². The van der Waals surface area contributed by atoms with E-state index in [0.717, 1.165) is 5.56 Å². The summed E-state index contributed by atoms with van der Waals surface area (Å²) in [6.07, 6.45) is -0.774. The first kappa shape index (κ1) is 17.3. The molecule has 0 amide bonds. The molecule has 2 aromatic carbocycles. The number of Topliss-reactive ketones (excluding diaryl/α,β-unsaturated/α-hetero) is 1. The zero-order valence-corrected chi connectivity index (χ0v) is 14.3. The van der Waals surface area contributed by atoms with Crippen LogP contribution in [-0.2, 0) is 14.4 Å². The van der Waals surface area contributed by atoms with Gasteiger partial charge in [-0.2, -0.15) is 5.06 Å². The van der Waals surface area contributed by atoms with Crippen LogP contribution >= 0.6 is 0 Å². The van der Waals surface area contributed by atoms with Crippen molar-refractivity contribution < 1.29 is 19.2 Å². The van der Waals surface area contributed by atoms with E-state index in [0.29, 0.717) is 5.56 Å². The molecule has 0 saturated carbocycles. The standard InChI is InChI=1S/C20H21NO4/c1-3-24-20(23)17-16(14-10-6-4-7-11-14)19(25-21(17)2)18(22)15-12-8-5-9-13-15/h4-13,16-17,19H,3H2,1-2H3/t16-,17-,19-/m0/s1. The molecule has 0 N–H and O–H groups in total. The minimum absolute atomic E-state index is 0.145. The molecule has 3 rings (SSSR count). The maximum atomic E-state index is 13.0. The zero-order chi connectivity index (χ0) is 17.8. The van der Waals surface area contributed by atoms with Gasteiger partial charge in [-0.25, -0.2) is 0 Å². The number of carbonyl (C=O) groups is 2. The molecule has 2 aromatic rings. The van der Waals surface area contributed by atoms with Crippen molar-refractivity contribution in [1.29, 1.82) is 0 Å². The molecule has 1 saturated heterocycles. The minimum Gasteiger partial charge on any atom is -0.465 e. The van der Waals surface area contributed by atoms with Crippen LogP contribution in [0.15, 0.2) is 60.7 Å². The van der Waals surface area contributed by atoms with E-state index in [1.54, 1.807) is 26.1 Å². The highest BCUT2D eigenvalue weighted by molar-refractivity contribution is 6.01. The quantitative estimate of drug-likeness (QED) is 0.619. The lowest BCUT2D eigenvalue weighted by Gasteiger charge is -2.21. The Morgan fingerprint density at radius 1 is 1.04 bits per heavy atom. The second kappa shape index (κ2) is 7.59. The molecule has 3 atom stereocenters. The molecule has 25 heavy (non-hydrogen) atoms. The van der Waals surface area contributed by atoms with Crippen LogP contribution in [0.1, 0.15) is 28.8 Å². The molecule has 1 aliphatic rings. The van der Waals surface area contributed by atoms with Crippen molar-refractivity contribution in [1.82, 2.24) is 5.06 Å². The largest absolute Gasteiger partial charge is 0.465 e. The number of hydrogen-bond donors (Lipinski definition) is 0. The highest BCUT2D eigenvalue weighted by atomic mass is 16.7. The summed E-state index contributed by atoms with van der Waals surface area (Å²) in [6, 6.07) is 17.8. The summed E-state index contributed by atoms with van der Waals surface area (Å²) >= 11 is 0. The molecule has 130 valence electrons. The smallest absolute Gasteiger partial charge is 0.326 e. The third-order valence-corrected chi connectivity index (χ3v) is 4.37. The summed E-state index contributed by atoms with van der Waals surface area (Å²) in [7, 11) is 1.66. The van der Waals surface area contributed by atoms with Crippen LogP contribution < -0.4 is 0 Å². The highest BCUT2D eigenvalue weighted by Gasteiger charge is 2.50. The van der Waals surface area contributed by atoms with Gasteiger partial charge >= 0.3 is 5.97 Å². The summed E-state index contributed by atoms with van der Waals surface area (Å²) in [5.41, 5.74) is 1.44. The van der Waals surface area contributed by atoms with Crippen LogP contribution in [-0.4, -0.2) is 42.6 Å². The van der Waals surface area contributed by atoms with Crippen molar-refractivity contribution >= 4 is 11.8 Å². The van der Waals surface area contributed by atoms with E-state index in [2.05, 4.69) is 0 Å². The Labute approximate surface area is 147 Å². The summed E-state index contributed by atoms with van der Waals surface area (Å²) in [6.45, 7) is 2.04. The molecule has 0 unspecified atom stereocenters. The Kier molecular flexibility index (Phi) is 5.26. The van der Waals surface area contributed by atoms with Crippen molar-refractivity contribution in [3.63, 3.8) is 0 Å². The first-order chi connectivity index (χ1) is 12.1. The fraction of sp³-hybridized carbons (Fsp3) is 0.300. The normalized spacial score (nSPS) is 23.4. The van der Waals surface area contributed by atoms with E-state index < -0.39 is 18.1 Å². The molecule has 1 heterocycles. The number of ketones is 1. The number of nitrogens with zero attached hydrogens (tertiary/aromatic N) is 1. The lowest BCUT2D eigenvalue weighted by molar-refractivity contribution is -0.168.